The van der Waals surface area contributed by atoms with Gasteiger partial charge in [0.25, 0.3) is 0 Å². The van der Waals surface area contributed by atoms with Gasteiger partial charge in [0.2, 0.25) is 0 Å². The van der Waals surface area contributed by atoms with Crippen LogP contribution in [0.15, 0.2) is 36.7 Å². The Hall–Kier alpha value is -1.57. The normalized spacial score (nSPS) is 12.7. The number of aromatic nitrogens is 2. The van der Waals surface area contributed by atoms with E-state index in [2.05, 4.69) is 48.1 Å². The zero-order valence-electron chi connectivity index (χ0n) is 9.20. The van der Waals surface area contributed by atoms with Crippen LogP contribution < -0.4 is 0 Å². The highest BCUT2D eigenvalue weighted by Gasteiger charge is 2.03. The van der Waals surface area contributed by atoms with Crippen molar-refractivity contribution in [2.45, 2.75) is 26.2 Å². The van der Waals surface area contributed by atoms with Crippen molar-refractivity contribution in [3.05, 3.63) is 42.2 Å². The number of hydrogen-bond donors (Lipinski definition) is 1. The first-order chi connectivity index (χ1) is 7.31. The number of benzene rings is 1. The van der Waals surface area contributed by atoms with Crippen molar-refractivity contribution >= 4 is 0 Å². The Morgan fingerprint density at radius 1 is 1.27 bits per heavy atom. The summed E-state index contributed by atoms with van der Waals surface area (Å²) in [7, 11) is 0. The van der Waals surface area contributed by atoms with E-state index in [-0.39, 0.29) is 0 Å². The van der Waals surface area contributed by atoms with Gasteiger partial charge in [0.15, 0.2) is 0 Å². The Bertz CT molecular complexity index is 401. The maximum atomic E-state index is 4.23. The molecular formula is C13H16N2. The van der Waals surface area contributed by atoms with Gasteiger partial charge in [0, 0.05) is 18.0 Å². The molecule has 1 aromatic heterocycles. The summed E-state index contributed by atoms with van der Waals surface area (Å²) in [5.74, 6) is 1.57. The number of H-pyrrole nitrogens is 1. The summed E-state index contributed by atoms with van der Waals surface area (Å²) >= 11 is 0. The lowest BCUT2D eigenvalue weighted by atomic mass is 9.97. The number of nitrogens with one attached hydrogen (secondary N) is 1. The van der Waals surface area contributed by atoms with Crippen LogP contribution in [0.3, 0.4) is 0 Å². The van der Waals surface area contributed by atoms with Gasteiger partial charge in [-0.2, -0.15) is 0 Å². The molecule has 1 heterocycles. The second-order valence-corrected chi connectivity index (χ2v) is 3.87. The molecule has 0 radical (unpaired) electrons. The zero-order valence-corrected chi connectivity index (χ0v) is 9.20. The van der Waals surface area contributed by atoms with Gasteiger partial charge in [-0.25, -0.2) is 4.98 Å². The van der Waals surface area contributed by atoms with Crippen LogP contribution in [0.2, 0.25) is 0 Å². The summed E-state index contributed by atoms with van der Waals surface area (Å²) in [6, 6.07) is 8.62. The van der Waals surface area contributed by atoms with Crippen LogP contribution >= 0.6 is 0 Å². The molecule has 2 heteroatoms. The molecule has 0 bridgehead atoms. The lowest BCUT2D eigenvalue weighted by molar-refractivity contribution is 0.734. The average molecular weight is 200 g/mol. The smallest absolute Gasteiger partial charge is 0.137 e. The summed E-state index contributed by atoms with van der Waals surface area (Å²) in [5, 5.41) is 0. The Morgan fingerprint density at radius 2 is 2.00 bits per heavy atom. The summed E-state index contributed by atoms with van der Waals surface area (Å²) in [6.45, 7) is 4.47. The molecule has 0 amide bonds. The van der Waals surface area contributed by atoms with Crippen molar-refractivity contribution in [3.63, 3.8) is 0 Å². The lowest BCUT2D eigenvalue weighted by Crippen LogP contribution is -1.90. The Labute approximate surface area is 90.4 Å². The SMILES string of the molecule is CCC(C)c1ccc(-c2ncc[nH]2)cc1. The number of nitrogens with zero attached hydrogens (tertiary/aromatic N) is 1. The van der Waals surface area contributed by atoms with Crippen molar-refractivity contribution in [2.24, 2.45) is 0 Å². The average Bonchev–Trinajstić information content (AvgIpc) is 2.82. The first-order valence-corrected chi connectivity index (χ1v) is 5.41. The molecular weight excluding hydrogens is 184 g/mol. The molecule has 0 aliphatic carbocycles. The van der Waals surface area contributed by atoms with E-state index in [0.29, 0.717) is 5.92 Å². The highest BCUT2D eigenvalue weighted by Crippen LogP contribution is 2.21. The molecule has 0 aliphatic rings. The minimum Gasteiger partial charge on any atom is -0.345 e. The number of aromatic amines is 1. The largest absolute Gasteiger partial charge is 0.345 e. The van der Waals surface area contributed by atoms with Crippen molar-refractivity contribution in [1.29, 1.82) is 0 Å². The molecule has 1 unspecified atom stereocenters. The second kappa shape index (κ2) is 4.30. The third-order valence-electron chi connectivity index (χ3n) is 2.86. The first-order valence-electron chi connectivity index (χ1n) is 5.41. The van der Waals surface area contributed by atoms with Gasteiger partial charge >= 0.3 is 0 Å². The molecule has 1 aromatic carbocycles. The van der Waals surface area contributed by atoms with Crippen molar-refractivity contribution in [3.8, 4) is 11.4 Å². The molecule has 0 fully saturated rings. The number of hydrogen-bond acceptors (Lipinski definition) is 1. The monoisotopic (exact) mass is 200 g/mol. The number of rotatable bonds is 3. The van der Waals surface area contributed by atoms with E-state index in [1.165, 1.54) is 12.0 Å². The van der Waals surface area contributed by atoms with Gasteiger partial charge in [0.1, 0.15) is 5.82 Å². The summed E-state index contributed by atoms with van der Waals surface area (Å²) < 4.78 is 0. The molecule has 0 saturated heterocycles. The van der Waals surface area contributed by atoms with E-state index in [1.54, 1.807) is 6.20 Å². The van der Waals surface area contributed by atoms with E-state index in [4.69, 9.17) is 0 Å². The molecule has 78 valence electrons. The van der Waals surface area contributed by atoms with Gasteiger partial charge < -0.3 is 4.98 Å². The van der Waals surface area contributed by atoms with E-state index < -0.39 is 0 Å². The summed E-state index contributed by atoms with van der Waals surface area (Å²) in [5.41, 5.74) is 2.54. The van der Waals surface area contributed by atoms with Gasteiger partial charge in [-0.1, -0.05) is 38.1 Å². The van der Waals surface area contributed by atoms with Crippen LogP contribution in [0.4, 0.5) is 0 Å². The molecule has 0 spiro atoms. The van der Waals surface area contributed by atoms with Crippen LogP contribution in [0.25, 0.3) is 11.4 Å². The second-order valence-electron chi connectivity index (χ2n) is 3.87. The molecule has 2 aromatic rings. The van der Waals surface area contributed by atoms with Crippen molar-refractivity contribution in [1.82, 2.24) is 9.97 Å². The predicted molar refractivity (Wildman–Crippen MR) is 62.7 cm³/mol. The Kier molecular flexibility index (Phi) is 2.86. The zero-order chi connectivity index (χ0) is 10.7. The molecule has 1 atom stereocenters. The third-order valence-corrected chi connectivity index (χ3v) is 2.86. The van der Waals surface area contributed by atoms with Crippen LogP contribution in [0.1, 0.15) is 31.7 Å². The minimum atomic E-state index is 0.635. The molecule has 1 N–H and O–H groups in total. The molecule has 0 aliphatic heterocycles. The third kappa shape index (κ3) is 2.09. The van der Waals surface area contributed by atoms with E-state index in [1.807, 2.05) is 6.20 Å². The summed E-state index contributed by atoms with van der Waals surface area (Å²) in [6.07, 6.45) is 4.80. The van der Waals surface area contributed by atoms with Crippen molar-refractivity contribution < 1.29 is 0 Å². The maximum Gasteiger partial charge on any atom is 0.137 e. The van der Waals surface area contributed by atoms with Crippen LogP contribution in [0, 0.1) is 0 Å². The molecule has 15 heavy (non-hydrogen) atoms. The lowest BCUT2D eigenvalue weighted by Gasteiger charge is -2.08. The minimum absolute atomic E-state index is 0.635. The van der Waals surface area contributed by atoms with Gasteiger partial charge in [-0.15, -0.1) is 0 Å². The van der Waals surface area contributed by atoms with E-state index in [0.717, 1.165) is 11.4 Å². The predicted octanol–water partition coefficient (Wildman–Crippen LogP) is 3.59. The van der Waals surface area contributed by atoms with Crippen LogP contribution in [0.5, 0.6) is 0 Å². The van der Waals surface area contributed by atoms with Gasteiger partial charge in [-0.3, -0.25) is 0 Å². The highest BCUT2D eigenvalue weighted by atomic mass is 14.9. The topological polar surface area (TPSA) is 28.7 Å². The molecule has 2 nitrogen and oxygen atoms in total. The Morgan fingerprint density at radius 3 is 2.53 bits per heavy atom. The molecule has 2 rings (SSSR count). The molecule has 0 saturated carbocycles. The van der Waals surface area contributed by atoms with E-state index >= 15 is 0 Å². The first kappa shape index (κ1) is 9.97. The quantitative estimate of drug-likeness (QED) is 0.805. The number of imidazole rings is 1. The maximum absolute atomic E-state index is 4.23. The fourth-order valence-corrected chi connectivity index (χ4v) is 1.63. The van der Waals surface area contributed by atoms with Gasteiger partial charge in [0.05, 0.1) is 0 Å². The van der Waals surface area contributed by atoms with Crippen molar-refractivity contribution in [2.75, 3.05) is 0 Å². The van der Waals surface area contributed by atoms with E-state index in [9.17, 15) is 0 Å². The standard InChI is InChI=1S/C13H16N2/c1-3-10(2)11-4-6-12(7-5-11)13-14-8-9-15-13/h4-10H,3H2,1-2H3,(H,14,15). The Balaban J connectivity index is 2.25. The fourth-order valence-electron chi connectivity index (χ4n) is 1.63. The van der Waals surface area contributed by atoms with Crippen LogP contribution in [-0.4, -0.2) is 9.97 Å². The summed E-state index contributed by atoms with van der Waals surface area (Å²) in [4.78, 5) is 7.33. The highest BCUT2D eigenvalue weighted by molar-refractivity contribution is 5.55. The van der Waals surface area contributed by atoms with Crippen LogP contribution in [-0.2, 0) is 0 Å². The fraction of sp³-hybridized carbons (Fsp3) is 0.308. The van der Waals surface area contributed by atoms with Gasteiger partial charge in [-0.05, 0) is 17.9 Å².